The molecule has 1 aromatic carbocycles. The second kappa shape index (κ2) is 6.85. The molecule has 0 aliphatic heterocycles. The normalized spacial score (nSPS) is 11.0. The SMILES string of the molecule is Cl.NCCCNS(=O)(=O)c1cc(F)cc(F)c1. The van der Waals surface area contributed by atoms with Gasteiger partial charge >= 0.3 is 0 Å². The van der Waals surface area contributed by atoms with E-state index in [1.54, 1.807) is 0 Å². The van der Waals surface area contributed by atoms with Gasteiger partial charge < -0.3 is 5.73 Å². The maximum atomic E-state index is 12.8. The zero-order valence-electron chi connectivity index (χ0n) is 8.82. The molecule has 0 heterocycles. The molecule has 0 unspecified atom stereocenters. The van der Waals surface area contributed by atoms with Crippen LogP contribution in [0.15, 0.2) is 23.1 Å². The van der Waals surface area contributed by atoms with Crippen LogP contribution in [0.2, 0.25) is 0 Å². The van der Waals surface area contributed by atoms with Gasteiger partial charge in [0.25, 0.3) is 0 Å². The van der Waals surface area contributed by atoms with Crippen LogP contribution in [-0.4, -0.2) is 21.5 Å². The Morgan fingerprint density at radius 1 is 1.18 bits per heavy atom. The highest BCUT2D eigenvalue weighted by molar-refractivity contribution is 7.89. The summed E-state index contributed by atoms with van der Waals surface area (Å²) in [5.74, 6) is -1.86. The molecule has 3 N–H and O–H groups in total. The van der Waals surface area contributed by atoms with Crippen molar-refractivity contribution in [2.24, 2.45) is 5.73 Å². The standard InChI is InChI=1S/C9H12F2N2O2S.ClH/c10-7-4-8(11)6-9(5-7)16(14,15)13-3-1-2-12;/h4-6,13H,1-3,12H2;1H. The first-order valence-electron chi connectivity index (χ1n) is 4.61. The maximum absolute atomic E-state index is 12.8. The van der Waals surface area contributed by atoms with Crippen LogP contribution in [-0.2, 0) is 10.0 Å². The quantitative estimate of drug-likeness (QED) is 0.794. The van der Waals surface area contributed by atoms with Gasteiger partial charge in [0.05, 0.1) is 4.90 Å². The average molecular weight is 287 g/mol. The Morgan fingerprint density at radius 2 is 1.71 bits per heavy atom. The number of sulfonamides is 1. The van der Waals surface area contributed by atoms with Crippen LogP contribution in [0.5, 0.6) is 0 Å². The van der Waals surface area contributed by atoms with Crippen molar-refractivity contribution < 1.29 is 17.2 Å². The molecule has 8 heteroatoms. The molecule has 0 saturated carbocycles. The van der Waals surface area contributed by atoms with Gasteiger partial charge in [0.1, 0.15) is 11.6 Å². The van der Waals surface area contributed by atoms with E-state index in [1.807, 2.05) is 0 Å². The molecule has 0 spiro atoms. The largest absolute Gasteiger partial charge is 0.330 e. The predicted molar refractivity (Wildman–Crippen MR) is 62.5 cm³/mol. The number of halogens is 3. The molecule has 0 aliphatic rings. The fraction of sp³-hybridized carbons (Fsp3) is 0.333. The molecule has 4 nitrogen and oxygen atoms in total. The van der Waals surface area contributed by atoms with Gasteiger partial charge in [0.2, 0.25) is 10.0 Å². The molecule has 1 aromatic rings. The van der Waals surface area contributed by atoms with Crippen molar-refractivity contribution in [2.45, 2.75) is 11.3 Å². The highest BCUT2D eigenvalue weighted by atomic mass is 35.5. The molecular weight excluding hydrogens is 274 g/mol. The first kappa shape index (κ1) is 16.2. The third-order valence-corrected chi connectivity index (χ3v) is 3.26. The molecule has 0 saturated heterocycles. The van der Waals surface area contributed by atoms with Crippen molar-refractivity contribution in [3.05, 3.63) is 29.8 Å². The van der Waals surface area contributed by atoms with Crippen molar-refractivity contribution in [3.8, 4) is 0 Å². The van der Waals surface area contributed by atoms with E-state index in [1.165, 1.54) is 0 Å². The molecule has 0 amide bonds. The summed E-state index contributed by atoms with van der Waals surface area (Å²) < 4.78 is 50.8. The molecule has 98 valence electrons. The smallest absolute Gasteiger partial charge is 0.240 e. The third kappa shape index (κ3) is 4.95. The molecular formula is C9H13ClF2N2O2S. The van der Waals surface area contributed by atoms with Gasteiger partial charge in [-0.15, -0.1) is 12.4 Å². The lowest BCUT2D eigenvalue weighted by molar-refractivity contribution is 0.560. The number of benzene rings is 1. The second-order valence-corrected chi connectivity index (χ2v) is 4.91. The highest BCUT2D eigenvalue weighted by Gasteiger charge is 2.15. The number of nitrogens with two attached hydrogens (primary N) is 1. The van der Waals surface area contributed by atoms with Gasteiger partial charge in [0.15, 0.2) is 0 Å². The summed E-state index contributed by atoms with van der Waals surface area (Å²) in [6.45, 7) is 0.469. The van der Waals surface area contributed by atoms with E-state index < -0.39 is 26.6 Å². The van der Waals surface area contributed by atoms with Crippen molar-refractivity contribution in [1.82, 2.24) is 4.72 Å². The summed E-state index contributed by atoms with van der Waals surface area (Å²) in [4.78, 5) is -0.429. The fourth-order valence-corrected chi connectivity index (χ4v) is 2.19. The lowest BCUT2D eigenvalue weighted by atomic mass is 10.3. The van der Waals surface area contributed by atoms with Gasteiger partial charge in [-0.25, -0.2) is 21.9 Å². The van der Waals surface area contributed by atoms with Crippen molar-refractivity contribution in [1.29, 1.82) is 0 Å². The highest BCUT2D eigenvalue weighted by Crippen LogP contribution is 2.13. The first-order chi connectivity index (χ1) is 7.45. The topological polar surface area (TPSA) is 72.2 Å². The summed E-state index contributed by atoms with van der Waals surface area (Å²) in [7, 11) is -3.86. The third-order valence-electron chi connectivity index (χ3n) is 1.82. The van der Waals surface area contributed by atoms with Crippen LogP contribution in [0.1, 0.15) is 6.42 Å². The van der Waals surface area contributed by atoms with E-state index in [4.69, 9.17) is 5.73 Å². The van der Waals surface area contributed by atoms with Crippen molar-refractivity contribution >= 4 is 22.4 Å². The fourth-order valence-electron chi connectivity index (χ4n) is 1.08. The van der Waals surface area contributed by atoms with Gasteiger partial charge in [0, 0.05) is 12.6 Å². The van der Waals surface area contributed by atoms with Gasteiger partial charge in [-0.2, -0.15) is 0 Å². The lowest BCUT2D eigenvalue weighted by Gasteiger charge is -2.06. The Kier molecular flexibility index (Phi) is 6.54. The van der Waals surface area contributed by atoms with E-state index in [-0.39, 0.29) is 19.0 Å². The number of nitrogens with one attached hydrogen (secondary N) is 1. The van der Waals surface area contributed by atoms with E-state index in [0.717, 1.165) is 12.1 Å². The number of rotatable bonds is 5. The molecule has 1 rings (SSSR count). The van der Waals surface area contributed by atoms with Crippen LogP contribution in [0.4, 0.5) is 8.78 Å². The molecule has 0 radical (unpaired) electrons. The van der Waals surface area contributed by atoms with Gasteiger partial charge in [-0.05, 0) is 25.1 Å². The minimum Gasteiger partial charge on any atom is -0.330 e. The first-order valence-corrected chi connectivity index (χ1v) is 6.10. The molecule has 0 aromatic heterocycles. The van der Waals surface area contributed by atoms with Crippen LogP contribution in [0, 0.1) is 11.6 Å². The maximum Gasteiger partial charge on any atom is 0.240 e. The van der Waals surface area contributed by atoms with E-state index >= 15 is 0 Å². The van der Waals surface area contributed by atoms with E-state index in [0.29, 0.717) is 19.0 Å². The summed E-state index contributed by atoms with van der Waals surface area (Å²) in [5.41, 5.74) is 5.19. The van der Waals surface area contributed by atoms with Crippen LogP contribution >= 0.6 is 12.4 Å². The zero-order chi connectivity index (χ0) is 12.2. The number of hydrogen-bond donors (Lipinski definition) is 2. The Hall–Kier alpha value is -0.760. The van der Waals surface area contributed by atoms with Crippen molar-refractivity contribution in [3.63, 3.8) is 0 Å². The number of hydrogen-bond acceptors (Lipinski definition) is 3. The summed E-state index contributed by atoms with van der Waals surface area (Å²) >= 11 is 0. The molecule has 0 atom stereocenters. The Labute approximate surface area is 105 Å². The Morgan fingerprint density at radius 3 is 2.18 bits per heavy atom. The average Bonchev–Trinajstić information content (AvgIpc) is 2.16. The van der Waals surface area contributed by atoms with Crippen molar-refractivity contribution in [2.75, 3.05) is 13.1 Å². The Balaban J connectivity index is 0.00000256. The van der Waals surface area contributed by atoms with Gasteiger partial charge in [-0.1, -0.05) is 0 Å². The van der Waals surface area contributed by atoms with Crippen LogP contribution in [0.25, 0.3) is 0 Å². The second-order valence-electron chi connectivity index (χ2n) is 3.15. The van der Waals surface area contributed by atoms with E-state index in [2.05, 4.69) is 4.72 Å². The summed E-state index contributed by atoms with van der Waals surface area (Å²) in [6.07, 6.45) is 0.455. The Bertz CT molecular complexity index is 448. The van der Waals surface area contributed by atoms with Gasteiger partial charge in [-0.3, -0.25) is 0 Å². The minimum atomic E-state index is -3.86. The summed E-state index contributed by atoms with van der Waals surface area (Å²) in [6, 6.07) is 2.13. The monoisotopic (exact) mass is 286 g/mol. The van der Waals surface area contributed by atoms with Crippen LogP contribution < -0.4 is 10.5 Å². The van der Waals surface area contributed by atoms with Crippen LogP contribution in [0.3, 0.4) is 0 Å². The molecule has 17 heavy (non-hydrogen) atoms. The molecule has 0 aliphatic carbocycles. The van der Waals surface area contributed by atoms with E-state index in [9.17, 15) is 17.2 Å². The molecule has 0 bridgehead atoms. The molecule has 0 fully saturated rings. The zero-order valence-corrected chi connectivity index (χ0v) is 10.5. The summed E-state index contributed by atoms with van der Waals surface area (Å²) in [5, 5.41) is 0. The minimum absolute atomic E-state index is 0. The lowest BCUT2D eigenvalue weighted by Crippen LogP contribution is -2.26. The predicted octanol–water partition coefficient (Wildman–Crippen LogP) is 1.01.